The number of ether oxygens (including phenoxy) is 1. The van der Waals surface area contributed by atoms with Crippen LogP contribution in [0.3, 0.4) is 0 Å². The van der Waals surface area contributed by atoms with E-state index in [1.807, 2.05) is 24.3 Å². The average Bonchev–Trinajstić information content (AvgIpc) is 3.25. The summed E-state index contributed by atoms with van der Waals surface area (Å²) in [6.45, 7) is 3.66. The highest BCUT2D eigenvalue weighted by Crippen LogP contribution is 2.45. The molecule has 0 saturated carbocycles. The highest BCUT2D eigenvalue weighted by Gasteiger charge is 2.48. The van der Waals surface area contributed by atoms with E-state index in [-0.39, 0.29) is 23.8 Å². The zero-order chi connectivity index (χ0) is 22.5. The second-order valence-corrected chi connectivity index (χ2v) is 10.6. The zero-order valence-electron chi connectivity index (χ0n) is 19.6. The number of fused-ring (bicyclic) bond motifs is 6. The molecule has 1 aromatic rings. The Hall–Kier alpha value is -2.34. The van der Waals surface area contributed by atoms with E-state index in [1.54, 1.807) is 12.0 Å². The third-order valence-corrected chi connectivity index (χ3v) is 8.80. The lowest BCUT2D eigenvalue weighted by molar-refractivity contribution is -0.140. The summed E-state index contributed by atoms with van der Waals surface area (Å²) in [7, 11) is 1.64. The fraction of sp³-hybridized carbons (Fsp3) is 0.630. The van der Waals surface area contributed by atoms with Gasteiger partial charge in [-0.3, -0.25) is 14.5 Å². The van der Waals surface area contributed by atoms with Crippen molar-refractivity contribution in [1.29, 1.82) is 0 Å². The number of anilines is 1. The van der Waals surface area contributed by atoms with Gasteiger partial charge in [0.1, 0.15) is 5.75 Å². The molecule has 4 fully saturated rings. The summed E-state index contributed by atoms with van der Waals surface area (Å²) in [5.41, 5.74) is 2.36. The van der Waals surface area contributed by atoms with E-state index in [2.05, 4.69) is 15.9 Å². The number of rotatable bonds is 3. The standard InChI is InChI=1S/C27H35N3O3/c1-33-23-9-7-22(8-10-23)30-17-21(15-25(30)31)27(32)29-12-4-5-18-13-19-14-20(26(18)29)16-28-11-3-2-6-24(19)28/h7-10,13,19-21,24,26H,2-6,11-12,14-17H2,1H3/t19-,20+,21-,24-,26-/m1/s1. The predicted molar refractivity (Wildman–Crippen MR) is 127 cm³/mol. The summed E-state index contributed by atoms with van der Waals surface area (Å²) in [4.78, 5) is 33.3. The molecule has 0 spiro atoms. The fourth-order valence-corrected chi connectivity index (χ4v) is 7.34. The molecule has 1 aliphatic carbocycles. The summed E-state index contributed by atoms with van der Waals surface area (Å²) in [6, 6.07) is 8.52. The maximum atomic E-state index is 13.8. The van der Waals surface area contributed by atoms with Crippen molar-refractivity contribution in [2.24, 2.45) is 17.8 Å². The first-order chi connectivity index (χ1) is 16.1. The van der Waals surface area contributed by atoms with Crippen LogP contribution in [0.1, 0.15) is 44.9 Å². The Morgan fingerprint density at radius 1 is 1.06 bits per heavy atom. The molecule has 6 nitrogen and oxygen atoms in total. The van der Waals surface area contributed by atoms with Crippen LogP contribution in [0.25, 0.3) is 0 Å². The lowest BCUT2D eigenvalue weighted by atomic mass is 9.68. The number of carbonyl (C=O) groups excluding carboxylic acids is 2. The Labute approximate surface area is 196 Å². The molecule has 4 saturated heterocycles. The van der Waals surface area contributed by atoms with Gasteiger partial charge in [0.05, 0.1) is 19.1 Å². The van der Waals surface area contributed by atoms with Gasteiger partial charge in [-0.15, -0.1) is 0 Å². The van der Waals surface area contributed by atoms with Gasteiger partial charge >= 0.3 is 0 Å². The first-order valence-corrected chi connectivity index (χ1v) is 12.8. The van der Waals surface area contributed by atoms with Crippen molar-refractivity contribution in [3.63, 3.8) is 0 Å². The van der Waals surface area contributed by atoms with Gasteiger partial charge in [0.15, 0.2) is 0 Å². The van der Waals surface area contributed by atoms with Gasteiger partial charge in [0, 0.05) is 37.8 Å². The number of hydrogen-bond donors (Lipinski definition) is 0. The zero-order valence-corrected chi connectivity index (χ0v) is 19.6. The van der Waals surface area contributed by atoms with Crippen LogP contribution in [0, 0.1) is 17.8 Å². The van der Waals surface area contributed by atoms with E-state index in [0.29, 0.717) is 24.8 Å². The molecule has 0 N–H and O–H groups in total. The maximum absolute atomic E-state index is 13.8. The second-order valence-electron chi connectivity index (χ2n) is 10.6. The fourth-order valence-electron chi connectivity index (χ4n) is 7.34. The molecular formula is C27H35N3O3. The third kappa shape index (κ3) is 3.67. The number of nitrogens with zero attached hydrogens (tertiary/aromatic N) is 3. The van der Waals surface area contributed by atoms with Gasteiger partial charge < -0.3 is 14.5 Å². The van der Waals surface area contributed by atoms with Crippen molar-refractivity contribution in [2.75, 3.05) is 38.2 Å². The van der Waals surface area contributed by atoms with Crippen molar-refractivity contribution in [2.45, 2.75) is 57.0 Å². The van der Waals surface area contributed by atoms with Crippen molar-refractivity contribution in [3.8, 4) is 5.75 Å². The molecule has 0 aromatic heterocycles. The van der Waals surface area contributed by atoms with Gasteiger partial charge in [-0.25, -0.2) is 0 Å². The number of amides is 2. The first-order valence-electron chi connectivity index (χ1n) is 12.8. The molecule has 0 radical (unpaired) electrons. The Morgan fingerprint density at radius 3 is 2.73 bits per heavy atom. The number of benzene rings is 1. The van der Waals surface area contributed by atoms with E-state index in [9.17, 15) is 9.59 Å². The predicted octanol–water partition coefficient (Wildman–Crippen LogP) is 3.47. The molecule has 4 heterocycles. The monoisotopic (exact) mass is 449 g/mol. The Kier molecular flexibility index (Phi) is 5.44. The van der Waals surface area contributed by atoms with Crippen LogP contribution in [0.4, 0.5) is 5.69 Å². The minimum Gasteiger partial charge on any atom is -0.497 e. The van der Waals surface area contributed by atoms with E-state index in [1.165, 1.54) is 37.8 Å². The average molecular weight is 450 g/mol. The lowest BCUT2D eigenvalue weighted by Crippen LogP contribution is -2.60. The molecule has 5 aliphatic rings. The molecule has 2 amide bonds. The third-order valence-electron chi connectivity index (χ3n) is 8.80. The Morgan fingerprint density at radius 2 is 1.91 bits per heavy atom. The van der Waals surface area contributed by atoms with Crippen molar-refractivity contribution in [1.82, 2.24) is 9.80 Å². The summed E-state index contributed by atoms with van der Waals surface area (Å²) in [5.74, 6) is 1.97. The molecule has 0 unspecified atom stereocenters. The number of hydrogen-bond acceptors (Lipinski definition) is 4. The maximum Gasteiger partial charge on any atom is 0.228 e. The highest BCUT2D eigenvalue weighted by molar-refractivity contribution is 6.00. The van der Waals surface area contributed by atoms with Gasteiger partial charge in [-0.1, -0.05) is 18.1 Å². The topological polar surface area (TPSA) is 53.1 Å². The van der Waals surface area contributed by atoms with Crippen LogP contribution in [0.2, 0.25) is 0 Å². The molecule has 1 aromatic carbocycles. The summed E-state index contributed by atoms with van der Waals surface area (Å²) >= 11 is 0. The largest absolute Gasteiger partial charge is 0.497 e. The number of methoxy groups -OCH3 is 1. The van der Waals surface area contributed by atoms with Crippen LogP contribution in [0.5, 0.6) is 5.75 Å². The Bertz CT molecular complexity index is 958. The first kappa shape index (κ1) is 21.2. The van der Waals surface area contributed by atoms with E-state index in [4.69, 9.17) is 4.74 Å². The van der Waals surface area contributed by atoms with Gasteiger partial charge in [0.2, 0.25) is 11.8 Å². The summed E-state index contributed by atoms with van der Waals surface area (Å²) in [6.07, 6.45) is 10.3. The van der Waals surface area contributed by atoms with Gasteiger partial charge in [0.25, 0.3) is 0 Å². The lowest BCUT2D eigenvalue weighted by Gasteiger charge is -2.55. The van der Waals surface area contributed by atoms with E-state index >= 15 is 0 Å². The van der Waals surface area contributed by atoms with Gasteiger partial charge in [-0.2, -0.15) is 0 Å². The molecule has 33 heavy (non-hydrogen) atoms. The highest BCUT2D eigenvalue weighted by atomic mass is 16.5. The smallest absolute Gasteiger partial charge is 0.228 e. The molecule has 2 bridgehead atoms. The van der Waals surface area contributed by atoms with Crippen LogP contribution in [-0.2, 0) is 9.59 Å². The minimum atomic E-state index is -0.247. The van der Waals surface area contributed by atoms with Gasteiger partial charge in [-0.05, 0) is 74.8 Å². The van der Waals surface area contributed by atoms with E-state index in [0.717, 1.165) is 43.4 Å². The molecule has 6 rings (SSSR count). The molecule has 6 heteroatoms. The van der Waals surface area contributed by atoms with Crippen LogP contribution in [-0.4, -0.2) is 67.0 Å². The van der Waals surface area contributed by atoms with Crippen LogP contribution < -0.4 is 9.64 Å². The van der Waals surface area contributed by atoms with Crippen molar-refractivity contribution >= 4 is 17.5 Å². The number of likely N-dealkylation sites (tertiary alicyclic amines) is 1. The van der Waals surface area contributed by atoms with Crippen molar-refractivity contribution in [3.05, 3.63) is 35.9 Å². The molecule has 4 aliphatic heterocycles. The van der Waals surface area contributed by atoms with Crippen LogP contribution >= 0.6 is 0 Å². The summed E-state index contributed by atoms with van der Waals surface area (Å²) in [5, 5.41) is 0. The number of piperidine rings is 3. The molecular weight excluding hydrogens is 414 g/mol. The number of carbonyl (C=O) groups is 2. The minimum absolute atomic E-state index is 0.0452. The summed E-state index contributed by atoms with van der Waals surface area (Å²) < 4.78 is 5.24. The Balaban J connectivity index is 1.21. The van der Waals surface area contributed by atoms with Crippen LogP contribution in [0.15, 0.2) is 35.9 Å². The van der Waals surface area contributed by atoms with E-state index < -0.39 is 0 Å². The SMILES string of the molecule is COc1ccc(N2C[C@H](C(=O)N3CCCC4=C[C@@H]5C[C@@H](CN6CCCC[C@H]56)[C@@H]43)CC2=O)cc1. The molecule has 5 atom stereocenters. The molecule has 176 valence electrons. The normalized spacial score (nSPS) is 33.9. The van der Waals surface area contributed by atoms with Crippen molar-refractivity contribution < 1.29 is 14.3 Å². The second kappa shape index (κ2) is 8.46. The quantitative estimate of drug-likeness (QED) is 0.663.